The highest BCUT2D eigenvalue weighted by Crippen LogP contribution is 2.42. The minimum atomic E-state index is -0.0764. The second-order valence-corrected chi connectivity index (χ2v) is 4.81. The third-order valence-corrected chi connectivity index (χ3v) is 3.69. The van der Waals surface area contributed by atoms with Crippen molar-refractivity contribution in [3.63, 3.8) is 0 Å². The number of rotatable bonds is 5. The van der Waals surface area contributed by atoms with Crippen molar-refractivity contribution in [2.75, 3.05) is 24.7 Å². The quantitative estimate of drug-likeness (QED) is 0.630. The molecule has 0 aliphatic heterocycles. The van der Waals surface area contributed by atoms with E-state index < -0.39 is 0 Å². The summed E-state index contributed by atoms with van der Waals surface area (Å²) >= 11 is 6.26. The Bertz CT molecular complexity index is 597. The zero-order valence-electron chi connectivity index (χ0n) is 10.9. The lowest BCUT2D eigenvalue weighted by Crippen LogP contribution is -2.09. The highest BCUT2D eigenvalue weighted by atomic mass is 35.5. The number of furan rings is 1. The number of halogens is 1. The van der Waals surface area contributed by atoms with Gasteiger partial charge in [0.2, 0.25) is 0 Å². The number of anilines is 2. The van der Waals surface area contributed by atoms with E-state index in [1.54, 1.807) is 12.3 Å². The number of nitrogen functional groups attached to an aromatic ring is 2. The summed E-state index contributed by atoms with van der Waals surface area (Å²) < 4.78 is 5.07. The van der Waals surface area contributed by atoms with Gasteiger partial charge in [-0.3, -0.25) is 0 Å². The van der Waals surface area contributed by atoms with Gasteiger partial charge in [-0.2, -0.15) is 0 Å². The standard InChI is InChI=1S/C14H17ClN2O3/c15-12-10(2-5-19)13(16)9(1-4-18)11(14(12)17)8-3-6-20-7-8/h3,6-7,18-19H,1-2,4-5,16-17H2. The smallest absolute Gasteiger partial charge is 0.0981 e. The summed E-state index contributed by atoms with van der Waals surface area (Å²) in [5.41, 5.74) is 15.9. The molecule has 2 rings (SSSR count). The zero-order valence-corrected chi connectivity index (χ0v) is 11.7. The summed E-state index contributed by atoms with van der Waals surface area (Å²) in [5, 5.41) is 18.7. The van der Waals surface area contributed by atoms with E-state index in [4.69, 9.17) is 32.6 Å². The maximum absolute atomic E-state index is 9.24. The minimum absolute atomic E-state index is 0.0608. The summed E-state index contributed by atoms with van der Waals surface area (Å²) in [6.45, 7) is -0.137. The Labute approximate surface area is 121 Å². The van der Waals surface area contributed by atoms with Crippen molar-refractivity contribution in [1.29, 1.82) is 0 Å². The first-order valence-electron chi connectivity index (χ1n) is 6.24. The molecule has 0 amide bonds. The van der Waals surface area contributed by atoms with Crippen molar-refractivity contribution in [3.05, 3.63) is 34.7 Å². The highest BCUT2D eigenvalue weighted by Gasteiger charge is 2.21. The van der Waals surface area contributed by atoms with E-state index in [1.165, 1.54) is 6.26 Å². The monoisotopic (exact) mass is 296 g/mol. The zero-order chi connectivity index (χ0) is 14.7. The molecule has 0 aliphatic carbocycles. The van der Waals surface area contributed by atoms with Crippen LogP contribution >= 0.6 is 11.6 Å². The first kappa shape index (κ1) is 14.7. The molecule has 2 aromatic rings. The van der Waals surface area contributed by atoms with Crippen molar-refractivity contribution >= 4 is 23.0 Å². The van der Waals surface area contributed by atoms with Gasteiger partial charge in [0, 0.05) is 30.0 Å². The number of hydrogen-bond donors (Lipinski definition) is 4. The molecule has 0 fully saturated rings. The molecule has 20 heavy (non-hydrogen) atoms. The van der Waals surface area contributed by atoms with E-state index in [0.717, 1.165) is 11.1 Å². The predicted octanol–water partition coefficient (Wildman–Crippen LogP) is 1.83. The molecule has 5 nitrogen and oxygen atoms in total. The molecule has 1 aromatic carbocycles. The van der Waals surface area contributed by atoms with Gasteiger partial charge in [0.1, 0.15) is 0 Å². The van der Waals surface area contributed by atoms with E-state index in [9.17, 15) is 5.11 Å². The normalized spacial score (nSPS) is 10.9. The molecule has 0 bridgehead atoms. The second kappa shape index (κ2) is 6.17. The van der Waals surface area contributed by atoms with Crippen LogP contribution in [-0.4, -0.2) is 23.4 Å². The van der Waals surface area contributed by atoms with E-state index in [-0.39, 0.29) is 13.2 Å². The molecule has 0 saturated carbocycles. The van der Waals surface area contributed by atoms with Gasteiger partial charge in [-0.25, -0.2) is 0 Å². The van der Waals surface area contributed by atoms with E-state index in [0.29, 0.717) is 40.4 Å². The average Bonchev–Trinajstić information content (AvgIpc) is 2.95. The Balaban J connectivity index is 2.73. The van der Waals surface area contributed by atoms with Crippen LogP contribution in [0.15, 0.2) is 23.0 Å². The van der Waals surface area contributed by atoms with Gasteiger partial charge in [0.05, 0.1) is 23.2 Å². The fraction of sp³-hybridized carbons (Fsp3) is 0.286. The first-order chi connectivity index (χ1) is 9.61. The molecular formula is C14H17ClN2O3. The van der Waals surface area contributed by atoms with E-state index in [1.807, 2.05) is 0 Å². The van der Waals surface area contributed by atoms with Crippen LogP contribution in [0.25, 0.3) is 11.1 Å². The fourth-order valence-electron chi connectivity index (χ4n) is 2.33. The van der Waals surface area contributed by atoms with Crippen LogP contribution in [0.1, 0.15) is 11.1 Å². The molecule has 0 radical (unpaired) electrons. The molecule has 108 valence electrons. The molecule has 0 aliphatic rings. The topological polar surface area (TPSA) is 106 Å². The van der Waals surface area contributed by atoms with Crippen molar-refractivity contribution in [1.82, 2.24) is 0 Å². The third-order valence-electron chi connectivity index (χ3n) is 3.26. The summed E-state index contributed by atoms with van der Waals surface area (Å²) in [4.78, 5) is 0. The molecule has 0 atom stereocenters. The van der Waals surface area contributed by atoms with Crippen molar-refractivity contribution in [3.8, 4) is 11.1 Å². The third kappa shape index (κ3) is 2.47. The van der Waals surface area contributed by atoms with E-state index >= 15 is 0 Å². The lowest BCUT2D eigenvalue weighted by atomic mass is 9.92. The molecule has 0 unspecified atom stereocenters. The van der Waals surface area contributed by atoms with Crippen molar-refractivity contribution < 1.29 is 14.6 Å². The van der Waals surface area contributed by atoms with Crippen molar-refractivity contribution in [2.24, 2.45) is 0 Å². The van der Waals surface area contributed by atoms with Crippen LogP contribution in [0, 0.1) is 0 Å². The minimum Gasteiger partial charge on any atom is -0.472 e. The molecular weight excluding hydrogens is 280 g/mol. The van der Waals surface area contributed by atoms with Gasteiger partial charge in [-0.1, -0.05) is 11.6 Å². The van der Waals surface area contributed by atoms with Gasteiger partial charge in [-0.15, -0.1) is 0 Å². The predicted molar refractivity (Wildman–Crippen MR) is 79.6 cm³/mol. The largest absolute Gasteiger partial charge is 0.472 e. The number of benzene rings is 1. The maximum Gasteiger partial charge on any atom is 0.0981 e. The van der Waals surface area contributed by atoms with Crippen LogP contribution in [0.4, 0.5) is 11.4 Å². The summed E-state index contributed by atoms with van der Waals surface area (Å²) in [7, 11) is 0. The van der Waals surface area contributed by atoms with Gasteiger partial charge in [0.25, 0.3) is 0 Å². The number of aliphatic hydroxyl groups excluding tert-OH is 2. The Morgan fingerprint density at radius 1 is 1.05 bits per heavy atom. The lowest BCUT2D eigenvalue weighted by Gasteiger charge is -2.19. The number of nitrogens with two attached hydrogens (primary N) is 2. The molecule has 1 aromatic heterocycles. The molecule has 1 heterocycles. The molecule has 0 saturated heterocycles. The van der Waals surface area contributed by atoms with Crippen LogP contribution in [-0.2, 0) is 12.8 Å². The fourth-order valence-corrected chi connectivity index (χ4v) is 2.62. The van der Waals surface area contributed by atoms with Gasteiger partial charge in [-0.05, 0) is 30.0 Å². The van der Waals surface area contributed by atoms with Crippen LogP contribution in [0.5, 0.6) is 0 Å². The Hall–Kier alpha value is -1.69. The maximum atomic E-state index is 9.24. The summed E-state index contributed by atoms with van der Waals surface area (Å²) in [6.07, 6.45) is 3.75. The number of aliphatic hydroxyl groups is 2. The van der Waals surface area contributed by atoms with Crippen LogP contribution in [0.2, 0.25) is 5.02 Å². The summed E-state index contributed by atoms with van der Waals surface area (Å²) in [6, 6.07) is 1.76. The van der Waals surface area contributed by atoms with Crippen LogP contribution < -0.4 is 11.5 Å². The van der Waals surface area contributed by atoms with Crippen LogP contribution in [0.3, 0.4) is 0 Å². The summed E-state index contributed by atoms with van der Waals surface area (Å²) in [5.74, 6) is 0. The van der Waals surface area contributed by atoms with Gasteiger partial charge < -0.3 is 26.1 Å². The SMILES string of the molecule is Nc1c(CCO)c(Cl)c(N)c(-c2ccoc2)c1CCO. The lowest BCUT2D eigenvalue weighted by molar-refractivity contribution is 0.298. The molecule has 6 N–H and O–H groups in total. The Kier molecular flexibility index (Phi) is 4.54. The highest BCUT2D eigenvalue weighted by molar-refractivity contribution is 6.35. The Morgan fingerprint density at radius 3 is 2.25 bits per heavy atom. The second-order valence-electron chi connectivity index (χ2n) is 4.43. The Morgan fingerprint density at radius 2 is 1.70 bits per heavy atom. The molecule has 6 heteroatoms. The molecule has 0 spiro atoms. The number of hydrogen-bond acceptors (Lipinski definition) is 5. The van der Waals surface area contributed by atoms with E-state index in [2.05, 4.69) is 0 Å². The van der Waals surface area contributed by atoms with Gasteiger partial charge in [0.15, 0.2) is 0 Å². The average molecular weight is 297 g/mol. The van der Waals surface area contributed by atoms with Gasteiger partial charge >= 0.3 is 0 Å². The first-order valence-corrected chi connectivity index (χ1v) is 6.62. The van der Waals surface area contributed by atoms with Crippen molar-refractivity contribution in [2.45, 2.75) is 12.8 Å².